The average Bonchev–Trinajstić information content (AvgIpc) is 2.50. The summed E-state index contributed by atoms with van der Waals surface area (Å²) in [5, 5.41) is 0.367. The lowest BCUT2D eigenvalue weighted by Gasteiger charge is -2.06. The third-order valence-electron chi connectivity index (χ3n) is 3.49. The van der Waals surface area contributed by atoms with E-state index in [0.717, 1.165) is 21.9 Å². The van der Waals surface area contributed by atoms with Crippen LogP contribution in [0.15, 0.2) is 60.9 Å². The quantitative estimate of drug-likeness (QED) is 0.716. The van der Waals surface area contributed by atoms with E-state index in [4.69, 9.17) is 4.42 Å². The minimum Gasteiger partial charge on any atom is -0.409 e. The van der Waals surface area contributed by atoms with E-state index in [1.54, 1.807) is 30.3 Å². The van der Waals surface area contributed by atoms with Crippen molar-refractivity contribution in [2.45, 2.75) is 19.8 Å². The molecule has 22 heavy (non-hydrogen) atoms. The molecular weight excluding hydrogens is 346 g/mol. The lowest BCUT2D eigenvalue weighted by molar-refractivity contribution is 0.504. The van der Waals surface area contributed by atoms with Crippen molar-refractivity contribution in [3.05, 3.63) is 73.4 Å². The number of hydrogen-bond donors (Lipinski definition) is 0. The first-order valence-corrected chi connectivity index (χ1v) is 7.84. The van der Waals surface area contributed by atoms with Gasteiger partial charge in [0.15, 0.2) is 0 Å². The Hall–Kier alpha value is -2.14. The van der Waals surface area contributed by atoms with Crippen LogP contribution in [0.25, 0.3) is 16.7 Å². The van der Waals surface area contributed by atoms with E-state index in [-0.39, 0.29) is 11.1 Å². The fourth-order valence-corrected chi connectivity index (χ4v) is 2.79. The summed E-state index contributed by atoms with van der Waals surface area (Å²) in [6.07, 6.45) is 2.01. The van der Waals surface area contributed by atoms with Gasteiger partial charge in [-0.15, -0.1) is 0 Å². The highest BCUT2D eigenvalue weighted by Gasteiger charge is 2.11. The van der Waals surface area contributed by atoms with Gasteiger partial charge in [-0.2, -0.15) is 0 Å². The lowest BCUT2D eigenvalue weighted by atomic mass is 10.1. The van der Waals surface area contributed by atoms with Gasteiger partial charge in [0.25, 0.3) is 5.56 Å². The monoisotopic (exact) mass is 359 g/mol. The van der Waals surface area contributed by atoms with Gasteiger partial charge in [0.05, 0.1) is 11.1 Å². The molecule has 0 aliphatic heterocycles. The van der Waals surface area contributed by atoms with E-state index in [1.165, 1.54) is 5.56 Å². The molecule has 2 aromatic carbocycles. The zero-order chi connectivity index (χ0) is 15.7. The minimum atomic E-state index is -0.678. The second-order valence-electron chi connectivity index (χ2n) is 5.07. The van der Waals surface area contributed by atoms with Gasteiger partial charge >= 0.3 is 5.76 Å². The zero-order valence-corrected chi connectivity index (χ0v) is 13.6. The number of hydrogen-bond acceptors (Lipinski definition) is 3. The van der Waals surface area contributed by atoms with Gasteiger partial charge in [-0.25, -0.2) is 9.36 Å². The molecule has 0 saturated heterocycles. The van der Waals surface area contributed by atoms with Crippen LogP contribution in [-0.2, 0) is 6.42 Å². The van der Waals surface area contributed by atoms with Crippen LogP contribution >= 0.6 is 15.9 Å². The topological polar surface area (TPSA) is 52.2 Å². The molecule has 0 bridgehead atoms. The van der Waals surface area contributed by atoms with E-state index in [9.17, 15) is 9.59 Å². The summed E-state index contributed by atoms with van der Waals surface area (Å²) in [5.74, 6) is -0.678. The third-order valence-corrected chi connectivity index (χ3v) is 3.98. The van der Waals surface area contributed by atoms with E-state index < -0.39 is 5.76 Å². The second kappa shape index (κ2) is 5.93. The van der Waals surface area contributed by atoms with Gasteiger partial charge in [0.1, 0.15) is 5.58 Å². The highest BCUT2D eigenvalue weighted by Crippen LogP contribution is 2.16. The summed E-state index contributed by atoms with van der Waals surface area (Å²) >= 11 is 3.32. The van der Waals surface area contributed by atoms with Crippen molar-refractivity contribution in [3.63, 3.8) is 0 Å². The Balaban J connectivity index is 2.22. The molecule has 0 spiro atoms. The van der Waals surface area contributed by atoms with Crippen molar-refractivity contribution >= 4 is 26.9 Å². The molecule has 5 heteroatoms. The number of nitrogens with zero attached hydrogens (tertiary/aromatic N) is 1. The molecule has 1 aromatic heterocycles. The van der Waals surface area contributed by atoms with Crippen LogP contribution in [-0.4, -0.2) is 4.57 Å². The summed E-state index contributed by atoms with van der Waals surface area (Å²) < 4.78 is 7.07. The first-order valence-electron chi connectivity index (χ1n) is 7.05. The van der Waals surface area contributed by atoms with Gasteiger partial charge in [-0.1, -0.05) is 41.4 Å². The first-order chi connectivity index (χ1) is 10.6. The summed E-state index contributed by atoms with van der Waals surface area (Å²) in [6, 6.07) is 12.4. The Morgan fingerprint density at radius 2 is 1.82 bits per heavy atom. The van der Waals surface area contributed by atoms with Gasteiger partial charge in [0, 0.05) is 4.47 Å². The number of benzene rings is 2. The van der Waals surface area contributed by atoms with E-state index in [2.05, 4.69) is 22.9 Å². The molecule has 112 valence electrons. The van der Waals surface area contributed by atoms with Crippen LogP contribution in [0.3, 0.4) is 0 Å². The van der Waals surface area contributed by atoms with Crippen molar-refractivity contribution in [3.8, 4) is 5.69 Å². The standard InChI is InChI=1S/C17H14BrNO3/c1-2-3-11-4-7-13(8-5-11)19-16(20)14-10-12(18)6-9-15(14)22-17(19)21/h4-10H,2-3H2,1H3. The predicted molar refractivity (Wildman–Crippen MR) is 89.8 cm³/mol. The molecule has 3 rings (SSSR count). The summed E-state index contributed by atoms with van der Waals surface area (Å²) in [5.41, 5.74) is 1.60. The van der Waals surface area contributed by atoms with Crippen molar-refractivity contribution < 1.29 is 4.42 Å². The molecule has 0 aliphatic carbocycles. The Morgan fingerprint density at radius 1 is 1.09 bits per heavy atom. The highest BCUT2D eigenvalue weighted by molar-refractivity contribution is 9.10. The molecule has 1 heterocycles. The van der Waals surface area contributed by atoms with Crippen molar-refractivity contribution in [1.29, 1.82) is 0 Å². The zero-order valence-electron chi connectivity index (χ0n) is 12.0. The van der Waals surface area contributed by atoms with Gasteiger partial charge in [-0.3, -0.25) is 4.79 Å². The Bertz CT molecular complexity index is 939. The first kappa shape index (κ1) is 14.8. The van der Waals surface area contributed by atoms with Crippen LogP contribution in [0.4, 0.5) is 0 Å². The molecule has 0 fully saturated rings. The Labute approximate surface area is 135 Å². The largest absolute Gasteiger partial charge is 0.426 e. The fourth-order valence-electron chi connectivity index (χ4n) is 2.42. The number of fused-ring (bicyclic) bond motifs is 1. The van der Waals surface area contributed by atoms with E-state index >= 15 is 0 Å². The number of rotatable bonds is 3. The molecule has 3 aromatic rings. The maximum atomic E-state index is 12.6. The lowest BCUT2D eigenvalue weighted by Crippen LogP contribution is -2.30. The summed E-state index contributed by atoms with van der Waals surface area (Å²) in [6.45, 7) is 2.11. The molecular formula is C17H14BrNO3. The third kappa shape index (κ3) is 2.64. The van der Waals surface area contributed by atoms with Crippen LogP contribution in [0, 0.1) is 0 Å². The molecule has 0 radical (unpaired) electrons. The molecule has 0 saturated carbocycles. The molecule has 0 aliphatic rings. The molecule has 0 N–H and O–H groups in total. The fraction of sp³-hybridized carbons (Fsp3) is 0.176. The maximum Gasteiger partial charge on any atom is 0.426 e. The second-order valence-corrected chi connectivity index (χ2v) is 5.98. The Morgan fingerprint density at radius 3 is 2.50 bits per heavy atom. The van der Waals surface area contributed by atoms with Crippen molar-refractivity contribution in [1.82, 2.24) is 4.57 Å². The number of aromatic nitrogens is 1. The normalized spacial score (nSPS) is 11.0. The van der Waals surface area contributed by atoms with Crippen molar-refractivity contribution in [2.75, 3.05) is 0 Å². The van der Waals surface area contributed by atoms with Crippen LogP contribution in [0.5, 0.6) is 0 Å². The van der Waals surface area contributed by atoms with Crippen molar-refractivity contribution in [2.24, 2.45) is 0 Å². The van der Waals surface area contributed by atoms with E-state index in [0.29, 0.717) is 11.1 Å². The van der Waals surface area contributed by atoms with Crippen LogP contribution in [0.2, 0.25) is 0 Å². The van der Waals surface area contributed by atoms with Gasteiger partial charge in [-0.05, 0) is 42.3 Å². The number of aryl methyl sites for hydroxylation is 1. The Kier molecular flexibility index (Phi) is 3.98. The number of halogens is 1. The predicted octanol–water partition coefficient (Wildman–Crippen LogP) is 3.66. The molecule has 0 unspecified atom stereocenters. The van der Waals surface area contributed by atoms with Crippen LogP contribution in [0.1, 0.15) is 18.9 Å². The van der Waals surface area contributed by atoms with Gasteiger partial charge in [0.2, 0.25) is 0 Å². The molecule has 4 nitrogen and oxygen atoms in total. The van der Waals surface area contributed by atoms with Crippen LogP contribution < -0.4 is 11.3 Å². The average molecular weight is 360 g/mol. The SMILES string of the molecule is CCCc1ccc(-n2c(=O)oc3ccc(Br)cc3c2=O)cc1. The molecule has 0 atom stereocenters. The molecule has 0 amide bonds. The maximum absolute atomic E-state index is 12.6. The van der Waals surface area contributed by atoms with Gasteiger partial charge < -0.3 is 4.42 Å². The smallest absolute Gasteiger partial charge is 0.409 e. The summed E-state index contributed by atoms with van der Waals surface area (Å²) in [7, 11) is 0. The van der Waals surface area contributed by atoms with E-state index in [1.807, 2.05) is 12.1 Å². The minimum absolute atomic E-state index is 0.289. The highest BCUT2D eigenvalue weighted by atomic mass is 79.9. The summed E-state index contributed by atoms with van der Waals surface area (Å²) in [4.78, 5) is 24.7.